The van der Waals surface area contributed by atoms with Gasteiger partial charge in [-0.25, -0.2) is 0 Å². The van der Waals surface area contributed by atoms with Crippen molar-refractivity contribution in [3.05, 3.63) is 48.2 Å². The lowest BCUT2D eigenvalue weighted by Crippen LogP contribution is -2.31. The molecule has 116 valence electrons. The van der Waals surface area contributed by atoms with E-state index in [1.807, 2.05) is 50.2 Å². The molecule has 0 saturated heterocycles. The Balaban J connectivity index is 2.51. The molecule has 4 nitrogen and oxygen atoms in total. The van der Waals surface area contributed by atoms with Crippen LogP contribution in [-0.2, 0) is 14.9 Å². The van der Waals surface area contributed by atoms with Crippen LogP contribution in [0.1, 0.15) is 26.3 Å². The standard InChI is InChI=1S/C18H21NO3/c1-5-22-17(20)18(2,3)14-12-13(9-10-16(14)21-4)15-8-6-7-11-19-15/h6-12H,5H2,1-4H3. The Morgan fingerprint density at radius 2 is 2.00 bits per heavy atom. The summed E-state index contributed by atoms with van der Waals surface area (Å²) in [6, 6.07) is 11.5. The largest absolute Gasteiger partial charge is 0.496 e. The summed E-state index contributed by atoms with van der Waals surface area (Å²) in [5.41, 5.74) is 1.78. The van der Waals surface area contributed by atoms with Gasteiger partial charge in [0.15, 0.2) is 0 Å². The first-order chi connectivity index (χ1) is 10.5. The van der Waals surface area contributed by atoms with Crippen molar-refractivity contribution in [1.82, 2.24) is 4.98 Å². The number of pyridine rings is 1. The molecule has 0 aliphatic carbocycles. The highest BCUT2D eigenvalue weighted by molar-refractivity contribution is 5.84. The maximum absolute atomic E-state index is 12.3. The normalized spacial score (nSPS) is 11.1. The van der Waals surface area contributed by atoms with E-state index in [-0.39, 0.29) is 5.97 Å². The van der Waals surface area contributed by atoms with Crippen LogP contribution in [0.4, 0.5) is 0 Å². The SMILES string of the molecule is CCOC(=O)C(C)(C)c1cc(-c2ccccn2)ccc1OC. The Bertz CT molecular complexity index is 651. The number of aromatic nitrogens is 1. The molecule has 0 unspecified atom stereocenters. The molecule has 2 aromatic rings. The number of rotatable bonds is 5. The fourth-order valence-electron chi connectivity index (χ4n) is 2.31. The molecule has 22 heavy (non-hydrogen) atoms. The Hall–Kier alpha value is -2.36. The lowest BCUT2D eigenvalue weighted by atomic mass is 9.83. The zero-order chi connectivity index (χ0) is 16.2. The molecule has 0 amide bonds. The summed E-state index contributed by atoms with van der Waals surface area (Å²) in [5, 5.41) is 0. The van der Waals surface area contributed by atoms with Crippen molar-refractivity contribution in [1.29, 1.82) is 0 Å². The van der Waals surface area contributed by atoms with Crippen LogP contribution in [0.5, 0.6) is 5.75 Å². The van der Waals surface area contributed by atoms with Crippen molar-refractivity contribution >= 4 is 5.97 Å². The summed E-state index contributed by atoms with van der Waals surface area (Å²) < 4.78 is 10.6. The van der Waals surface area contributed by atoms with Crippen LogP contribution in [-0.4, -0.2) is 24.7 Å². The van der Waals surface area contributed by atoms with Gasteiger partial charge in [0.1, 0.15) is 5.75 Å². The van der Waals surface area contributed by atoms with Crippen LogP contribution >= 0.6 is 0 Å². The molecule has 0 N–H and O–H groups in total. The number of benzene rings is 1. The van der Waals surface area contributed by atoms with Crippen LogP contribution in [0, 0.1) is 0 Å². The van der Waals surface area contributed by atoms with Gasteiger partial charge in [0.2, 0.25) is 0 Å². The van der Waals surface area contributed by atoms with Crippen LogP contribution in [0.25, 0.3) is 11.3 Å². The molecule has 0 atom stereocenters. The smallest absolute Gasteiger partial charge is 0.316 e. The Kier molecular flexibility index (Phi) is 4.81. The van der Waals surface area contributed by atoms with E-state index < -0.39 is 5.41 Å². The van der Waals surface area contributed by atoms with Crippen molar-refractivity contribution in [2.24, 2.45) is 0 Å². The lowest BCUT2D eigenvalue weighted by Gasteiger charge is -2.25. The average molecular weight is 299 g/mol. The zero-order valence-corrected chi connectivity index (χ0v) is 13.4. The molecule has 1 aromatic carbocycles. The van der Waals surface area contributed by atoms with Gasteiger partial charge in [-0.05, 0) is 51.1 Å². The van der Waals surface area contributed by atoms with Gasteiger partial charge in [0.25, 0.3) is 0 Å². The molecule has 0 saturated carbocycles. The number of nitrogens with zero attached hydrogens (tertiary/aromatic N) is 1. The number of methoxy groups -OCH3 is 1. The summed E-state index contributed by atoms with van der Waals surface area (Å²) in [7, 11) is 1.60. The fourth-order valence-corrected chi connectivity index (χ4v) is 2.31. The number of carbonyl (C=O) groups excluding carboxylic acids is 1. The van der Waals surface area contributed by atoms with E-state index in [9.17, 15) is 4.79 Å². The quantitative estimate of drug-likeness (QED) is 0.792. The van der Waals surface area contributed by atoms with Gasteiger partial charge in [-0.1, -0.05) is 6.07 Å². The Morgan fingerprint density at radius 1 is 1.23 bits per heavy atom. The highest BCUT2D eigenvalue weighted by Crippen LogP contribution is 2.35. The molecule has 0 spiro atoms. The predicted octanol–water partition coefficient (Wildman–Crippen LogP) is 3.60. The van der Waals surface area contributed by atoms with Gasteiger partial charge in [0.05, 0.1) is 24.8 Å². The topological polar surface area (TPSA) is 48.4 Å². The van der Waals surface area contributed by atoms with E-state index >= 15 is 0 Å². The van der Waals surface area contributed by atoms with Crippen LogP contribution < -0.4 is 4.74 Å². The number of hydrogen-bond acceptors (Lipinski definition) is 4. The third-order valence-corrected chi connectivity index (χ3v) is 3.62. The van der Waals surface area contributed by atoms with Crippen molar-refractivity contribution in [3.8, 4) is 17.0 Å². The van der Waals surface area contributed by atoms with Gasteiger partial charge in [-0.15, -0.1) is 0 Å². The molecule has 2 rings (SSSR count). The first-order valence-corrected chi connectivity index (χ1v) is 7.27. The summed E-state index contributed by atoms with van der Waals surface area (Å²) >= 11 is 0. The molecule has 0 bridgehead atoms. The third-order valence-electron chi connectivity index (χ3n) is 3.62. The molecule has 0 radical (unpaired) electrons. The van der Waals surface area contributed by atoms with Crippen LogP contribution in [0.15, 0.2) is 42.6 Å². The van der Waals surface area contributed by atoms with E-state index in [0.717, 1.165) is 16.8 Å². The van der Waals surface area contributed by atoms with E-state index in [1.54, 1.807) is 20.2 Å². The predicted molar refractivity (Wildman–Crippen MR) is 85.9 cm³/mol. The minimum absolute atomic E-state index is 0.272. The molecular formula is C18H21NO3. The molecule has 0 aliphatic rings. The molecule has 1 heterocycles. The van der Waals surface area contributed by atoms with Crippen molar-refractivity contribution in [3.63, 3.8) is 0 Å². The molecule has 4 heteroatoms. The van der Waals surface area contributed by atoms with Gasteiger partial charge in [-0.2, -0.15) is 0 Å². The van der Waals surface area contributed by atoms with Crippen molar-refractivity contribution < 1.29 is 14.3 Å². The van der Waals surface area contributed by atoms with E-state index in [1.165, 1.54) is 0 Å². The zero-order valence-electron chi connectivity index (χ0n) is 13.4. The van der Waals surface area contributed by atoms with E-state index in [4.69, 9.17) is 9.47 Å². The van der Waals surface area contributed by atoms with Gasteiger partial charge >= 0.3 is 5.97 Å². The lowest BCUT2D eigenvalue weighted by molar-refractivity contribution is -0.148. The maximum atomic E-state index is 12.3. The van der Waals surface area contributed by atoms with Crippen LogP contribution in [0.3, 0.4) is 0 Å². The summed E-state index contributed by atoms with van der Waals surface area (Å²) in [6.07, 6.45) is 1.75. The summed E-state index contributed by atoms with van der Waals surface area (Å²) in [5.74, 6) is 0.393. The number of carbonyl (C=O) groups is 1. The van der Waals surface area contributed by atoms with Crippen LogP contribution in [0.2, 0.25) is 0 Å². The molecule has 1 aromatic heterocycles. The second-order valence-corrected chi connectivity index (χ2v) is 5.48. The first-order valence-electron chi connectivity index (χ1n) is 7.27. The maximum Gasteiger partial charge on any atom is 0.316 e. The van der Waals surface area contributed by atoms with Crippen molar-refractivity contribution in [2.45, 2.75) is 26.2 Å². The molecular weight excluding hydrogens is 278 g/mol. The van der Waals surface area contributed by atoms with E-state index in [2.05, 4.69) is 4.98 Å². The summed E-state index contributed by atoms with van der Waals surface area (Å²) in [6.45, 7) is 5.83. The highest BCUT2D eigenvalue weighted by Gasteiger charge is 2.34. The number of esters is 1. The van der Waals surface area contributed by atoms with Crippen molar-refractivity contribution in [2.75, 3.05) is 13.7 Å². The number of hydrogen-bond donors (Lipinski definition) is 0. The van der Waals surface area contributed by atoms with Gasteiger partial charge < -0.3 is 9.47 Å². The minimum Gasteiger partial charge on any atom is -0.496 e. The minimum atomic E-state index is -0.799. The number of ether oxygens (including phenoxy) is 2. The fraction of sp³-hybridized carbons (Fsp3) is 0.333. The summed E-state index contributed by atoms with van der Waals surface area (Å²) in [4.78, 5) is 16.6. The second kappa shape index (κ2) is 6.60. The van der Waals surface area contributed by atoms with E-state index in [0.29, 0.717) is 12.4 Å². The first kappa shape index (κ1) is 16.0. The third kappa shape index (κ3) is 3.11. The van der Waals surface area contributed by atoms with Gasteiger partial charge in [0, 0.05) is 17.3 Å². The van der Waals surface area contributed by atoms with Gasteiger partial charge in [-0.3, -0.25) is 9.78 Å². The molecule has 0 fully saturated rings. The monoisotopic (exact) mass is 299 g/mol. The Labute approximate surface area is 131 Å². The molecule has 0 aliphatic heterocycles. The highest BCUT2D eigenvalue weighted by atomic mass is 16.5. The average Bonchev–Trinajstić information content (AvgIpc) is 2.55. The second-order valence-electron chi connectivity index (χ2n) is 5.48. The Morgan fingerprint density at radius 3 is 2.59 bits per heavy atom.